The molecular weight excluding hydrogens is 216 g/mol. The standard InChI is InChI=1S/C13H18N2O2/c1-8-5-6-14-11(15-8)9-7-10(9)12(16)17-13(2,3)4/h5-6,9-10H,7H2,1-4H3. The van der Waals surface area contributed by atoms with Crippen molar-refractivity contribution in [1.29, 1.82) is 0 Å². The quantitative estimate of drug-likeness (QED) is 0.736. The van der Waals surface area contributed by atoms with Gasteiger partial charge in [0.25, 0.3) is 0 Å². The minimum Gasteiger partial charge on any atom is -0.460 e. The Kier molecular flexibility index (Phi) is 2.89. The number of carbonyl (C=O) groups excluding carboxylic acids is 1. The summed E-state index contributed by atoms with van der Waals surface area (Å²) in [6.07, 6.45) is 2.54. The SMILES string of the molecule is Cc1ccnc(C2CC2C(=O)OC(C)(C)C)n1. The molecule has 0 spiro atoms. The molecule has 0 amide bonds. The average Bonchev–Trinajstić information content (AvgIpc) is 2.94. The summed E-state index contributed by atoms with van der Waals surface area (Å²) < 4.78 is 5.35. The van der Waals surface area contributed by atoms with Gasteiger partial charge < -0.3 is 4.74 Å². The summed E-state index contributed by atoms with van der Waals surface area (Å²) in [6, 6.07) is 1.86. The molecule has 92 valence electrons. The van der Waals surface area contributed by atoms with Gasteiger partial charge in [0.2, 0.25) is 0 Å². The van der Waals surface area contributed by atoms with Crippen LogP contribution in [0.3, 0.4) is 0 Å². The smallest absolute Gasteiger partial charge is 0.310 e. The fourth-order valence-electron chi connectivity index (χ4n) is 1.77. The molecule has 2 atom stereocenters. The van der Waals surface area contributed by atoms with Gasteiger partial charge in [0.1, 0.15) is 11.4 Å². The zero-order valence-electron chi connectivity index (χ0n) is 10.7. The molecule has 0 saturated heterocycles. The molecule has 2 rings (SSSR count). The molecule has 1 heterocycles. The average molecular weight is 234 g/mol. The highest BCUT2D eigenvalue weighted by Gasteiger charge is 2.48. The fraction of sp³-hybridized carbons (Fsp3) is 0.615. The molecule has 0 radical (unpaired) electrons. The molecule has 1 aromatic rings. The van der Waals surface area contributed by atoms with Crippen molar-refractivity contribution in [1.82, 2.24) is 9.97 Å². The van der Waals surface area contributed by atoms with Crippen LogP contribution in [0.2, 0.25) is 0 Å². The molecule has 4 nitrogen and oxygen atoms in total. The number of nitrogens with zero attached hydrogens (tertiary/aromatic N) is 2. The van der Waals surface area contributed by atoms with E-state index in [9.17, 15) is 4.79 Å². The monoisotopic (exact) mass is 234 g/mol. The van der Waals surface area contributed by atoms with E-state index in [4.69, 9.17) is 4.74 Å². The number of hydrogen-bond donors (Lipinski definition) is 0. The summed E-state index contributed by atoms with van der Waals surface area (Å²) in [4.78, 5) is 20.4. The number of aryl methyl sites for hydroxylation is 1. The zero-order chi connectivity index (χ0) is 12.6. The molecule has 0 bridgehead atoms. The number of aromatic nitrogens is 2. The van der Waals surface area contributed by atoms with Gasteiger partial charge in [-0.05, 0) is 40.2 Å². The maximum atomic E-state index is 11.8. The minimum atomic E-state index is -0.419. The lowest BCUT2D eigenvalue weighted by Gasteiger charge is -2.19. The predicted molar refractivity (Wildman–Crippen MR) is 63.5 cm³/mol. The van der Waals surface area contributed by atoms with Crippen molar-refractivity contribution in [3.63, 3.8) is 0 Å². The van der Waals surface area contributed by atoms with Crippen molar-refractivity contribution in [2.75, 3.05) is 0 Å². The molecule has 1 aromatic heterocycles. The van der Waals surface area contributed by atoms with E-state index < -0.39 is 5.60 Å². The molecule has 1 aliphatic carbocycles. The van der Waals surface area contributed by atoms with Gasteiger partial charge in [-0.1, -0.05) is 0 Å². The number of rotatable bonds is 2. The first kappa shape index (κ1) is 12.0. The zero-order valence-corrected chi connectivity index (χ0v) is 10.7. The Morgan fingerprint density at radius 3 is 2.76 bits per heavy atom. The topological polar surface area (TPSA) is 52.1 Å². The second-order valence-electron chi connectivity index (χ2n) is 5.54. The minimum absolute atomic E-state index is 0.0592. The van der Waals surface area contributed by atoms with Crippen molar-refractivity contribution in [3.05, 3.63) is 23.8 Å². The number of hydrogen-bond acceptors (Lipinski definition) is 4. The summed E-state index contributed by atoms with van der Waals surface area (Å²) in [6.45, 7) is 7.57. The van der Waals surface area contributed by atoms with Crippen LogP contribution in [0.4, 0.5) is 0 Å². The second kappa shape index (κ2) is 4.09. The summed E-state index contributed by atoms with van der Waals surface area (Å²) >= 11 is 0. The Morgan fingerprint density at radius 1 is 1.47 bits per heavy atom. The van der Waals surface area contributed by atoms with Crippen molar-refractivity contribution in [2.45, 2.75) is 45.6 Å². The van der Waals surface area contributed by atoms with Crippen LogP contribution in [0.25, 0.3) is 0 Å². The number of esters is 1. The molecule has 17 heavy (non-hydrogen) atoms. The first-order chi connectivity index (χ1) is 7.87. The molecule has 4 heteroatoms. The predicted octanol–water partition coefficient (Wildman–Crippen LogP) is 2.23. The van der Waals surface area contributed by atoms with Gasteiger partial charge >= 0.3 is 5.97 Å². The maximum Gasteiger partial charge on any atom is 0.310 e. The van der Waals surface area contributed by atoms with E-state index >= 15 is 0 Å². The maximum absolute atomic E-state index is 11.8. The summed E-state index contributed by atoms with van der Waals surface area (Å²) in [7, 11) is 0. The molecule has 0 aromatic carbocycles. The lowest BCUT2D eigenvalue weighted by molar-refractivity contribution is -0.156. The molecule has 0 aliphatic heterocycles. The highest BCUT2D eigenvalue weighted by molar-refractivity contribution is 5.77. The van der Waals surface area contributed by atoms with Crippen LogP contribution in [-0.2, 0) is 9.53 Å². The van der Waals surface area contributed by atoms with Crippen molar-refractivity contribution in [2.24, 2.45) is 5.92 Å². The van der Waals surface area contributed by atoms with E-state index in [-0.39, 0.29) is 17.8 Å². The highest BCUT2D eigenvalue weighted by Crippen LogP contribution is 2.47. The normalized spacial score (nSPS) is 23.3. The Balaban J connectivity index is 1.99. The molecule has 1 saturated carbocycles. The van der Waals surface area contributed by atoms with E-state index in [1.807, 2.05) is 33.8 Å². The van der Waals surface area contributed by atoms with Crippen LogP contribution in [-0.4, -0.2) is 21.5 Å². The first-order valence-corrected chi connectivity index (χ1v) is 5.89. The molecular formula is C13H18N2O2. The largest absolute Gasteiger partial charge is 0.460 e. The van der Waals surface area contributed by atoms with Crippen LogP contribution in [0, 0.1) is 12.8 Å². The number of carbonyl (C=O) groups is 1. The van der Waals surface area contributed by atoms with Crippen LogP contribution < -0.4 is 0 Å². The van der Waals surface area contributed by atoms with Gasteiger partial charge in [-0.25, -0.2) is 9.97 Å². The van der Waals surface area contributed by atoms with Gasteiger partial charge in [-0.3, -0.25) is 4.79 Å². The summed E-state index contributed by atoms with van der Waals surface area (Å²) in [5.41, 5.74) is 0.516. The molecule has 2 unspecified atom stereocenters. The van der Waals surface area contributed by atoms with Crippen LogP contribution >= 0.6 is 0 Å². The highest BCUT2D eigenvalue weighted by atomic mass is 16.6. The van der Waals surface area contributed by atoms with E-state index in [0.29, 0.717) is 0 Å². The van der Waals surface area contributed by atoms with Gasteiger partial charge in [-0.15, -0.1) is 0 Å². The lowest BCUT2D eigenvalue weighted by atomic mass is 10.2. The van der Waals surface area contributed by atoms with E-state index in [2.05, 4.69) is 9.97 Å². The third-order valence-electron chi connectivity index (χ3n) is 2.65. The van der Waals surface area contributed by atoms with E-state index in [1.54, 1.807) is 6.20 Å². The van der Waals surface area contributed by atoms with E-state index in [0.717, 1.165) is 17.9 Å². The van der Waals surface area contributed by atoms with Gasteiger partial charge in [0.05, 0.1) is 5.92 Å². The van der Waals surface area contributed by atoms with E-state index in [1.165, 1.54) is 0 Å². The first-order valence-electron chi connectivity index (χ1n) is 5.89. The second-order valence-corrected chi connectivity index (χ2v) is 5.54. The number of ether oxygens (including phenoxy) is 1. The van der Waals surface area contributed by atoms with Crippen molar-refractivity contribution < 1.29 is 9.53 Å². The Morgan fingerprint density at radius 2 is 2.18 bits per heavy atom. The summed E-state index contributed by atoms with van der Waals surface area (Å²) in [5.74, 6) is 0.717. The Hall–Kier alpha value is -1.45. The van der Waals surface area contributed by atoms with Crippen LogP contribution in [0.5, 0.6) is 0 Å². The third kappa shape index (κ3) is 3.02. The molecule has 1 fully saturated rings. The van der Waals surface area contributed by atoms with Gasteiger partial charge in [-0.2, -0.15) is 0 Å². The Bertz CT molecular complexity index is 437. The molecule has 1 aliphatic rings. The van der Waals surface area contributed by atoms with Crippen molar-refractivity contribution >= 4 is 5.97 Å². The lowest BCUT2D eigenvalue weighted by Crippen LogP contribution is -2.25. The summed E-state index contributed by atoms with van der Waals surface area (Å²) in [5, 5.41) is 0. The molecule has 0 N–H and O–H groups in total. The third-order valence-corrected chi connectivity index (χ3v) is 2.65. The van der Waals surface area contributed by atoms with Crippen LogP contribution in [0.15, 0.2) is 12.3 Å². The van der Waals surface area contributed by atoms with Crippen molar-refractivity contribution in [3.8, 4) is 0 Å². The van der Waals surface area contributed by atoms with Gasteiger partial charge in [0, 0.05) is 17.8 Å². The van der Waals surface area contributed by atoms with Gasteiger partial charge in [0.15, 0.2) is 0 Å². The Labute approximate surface area is 101 Å². The fourth-order valence-corrected chi connectivity index (χ4v) is 1.77. The van der Waals surface area contributed by atoms with Crippen LogP contribution in [0.1, 0.15) is 44.6 Å².